The van der Waals surface area contributed by atoms with Gasteiger partial charge in [-0.25, -0.2) is 13.1 Å². The first-order valence-corrected chi connectivity index (χ1v) is 8.05. The average Bonchev–Trinajstić information content (AvgIpc) is 2.32. The van der Waals surface area contributed by atoms with Crippen LogP contribution < -0.4 is 4.72 Å². The Morgan fingerprint density at radius 3 is 2.33 bits per heavy atom. The molecule has 1 N–H and O–H groups in total. The fraction of sp³-hybridized carbons (Fsp3) is 0.571. The number of rotatable bonds is 3. The van der Waals surface area contributed by atoms with E-state index in [2.05, 4.69) is 11.6 Å². The molecule has 0 bridgehead atoms. The van der Waals surface area contributed by atoms with Crippen molar-refractivity contribution in [1.29, 1.82) is 0 Å². The van der Waals surface area contributed by atoms with Crippen LogP contribution in [-0.4, -0.2) is 14.5 Å². The third-order valence-electron chi connectivity index (χ3n) is 3.72. The second-order valence-electron chi connectivity index (χ2n) is 5.34. The quantitative estimate of drug-likeness (QED) is 0.915. The molecule has 18 heavy (non-hydrogen) atoms. The molecule has 0 aliphatic heterocycles. The van der Waals surface area contributed by atoms with Crippen molar-refractivity contribution in [1.82, 2.24) is 4.72 Å². The van der Waals surface area contributed by atoms with E-state index in [1.165, 1.54) is 0 Å². The Labute approximate surface area is 110 Å². The highest BCUT2D eigenvalue weighted by Gasteiger charge is 2.24. The zero-order chi connectivity index (χ0) is 13.2. The van der Waals surface area contributed by atoms with Gasteiger partial charge < -0.3 is 0 Å². The minimum Gasteiger partial charge on any atom is -0.208 e. The lowest BCUT2D eigenvalue weighted by Crippen LogP contribution is -2.37. The summed E-state index contributed by atoms with van der Waals surface area (Å²) in [4.78, 5) is 0.406. The van der Waals surface area contributed by atoms with E-state index in [0.717, 1.165) is 37.2 Å². The van der Waals surface area contributed by atoms with Crippen molar-refractivity contribution in [2.75, 3.05) is 0 Å². The van der Waals surface area contributed by atoms with Gasteiger partial charge in [0, 0.05) is 6.04 Å². The largest absolute Gasteiger partial charge is 0.241 e. The van der Waals surface area contributed by atoms with Crippen molar-refractivity contribution in [2.24, 2.45) is 5.92 Å². The van der Waals surface area contributed by atoms with E-state index in [4.69, 9.17) is 0 Å². The monoisotopic (exact) mass is 267 g/mol. The van der Waals surface area contributed by atoms with E-state index < -0.39 is 10.0 Å². The lowest BCUT2D eigenvalue weighted by atomic mass is 9.88. The standard InChI is InChI=1S/C14H21NO2S/c1-11-7-9-13(10-8-11)15-18(16,17)14-6-4-3-5-12(14)2/h3-6,11,13,15H,7-10H2,1-2H3. The molecule has 0 spiro atoms. The highest BCUT2D eigenvalue weighted by Crippen LogP contribution is 2.25. The van der Waals surface area contributed by atoms with Crippen LogP contribution in [0.1, 0.15) is 38.2 Å². The third kappa shape index (κ3) is 3.12. The van der Waals surface area contributed by atoms with Gasteiger partial charge in [0.25, 0.3) is 0 Å². The second-order valence-corrected chi connectivity index (χ2v) is 7.03. The molecule has 0 aromatic heterocycles. The van der Waals surface area contributed by atoms with Gasteiger partial charge in [0.05, 0.1) is 4.90 Å². The van der Waals surface area contributed by atoms with Crippen LogP contribution in [-0.2, 0) is 10.0 Å². The summed E-state index contributed by atoms with van der Waals surface area (Å²) in [6.07, 6.45) is 4.13. The number of sulfonamides is 1. The molecule has 0 amide bonds. The first-order valence-electron chi connectivity index (χ1n) is 6.57. The molecule has 3 nitrogen and oxygen atoms in total. The summed E-state index contributed by atoms with van der Waals surface area (Å²) >= 11 is 0. The molecule has 4 heteroatoms. The van der Waals surface area contributed by atoms with E-state index in [1.54, 1.807) is 12.1 Å². The van der Waals surface area contributed by atoms with Gasteiger partial charge in [0.1, 0.15) is 0 Å². The molecule has 0 radical (unpaired) electrons. The molecule has 0 unspecified atom stereocenters. The molecule has 1 fully saturated rings. The van der Waals surface area contributed by atoms with Crippen LogP contribution in [0.4, 0.5) is 0 Å². The summed E-state index contributed by atoms with van der Waals surface area (Å²) in [6.45, 7) is 4.06. The summed E-state index contributed by atoms with van der Waals surface area (Å²) in [5.41, 5.74) is 0.800. The fourth-order valence-corrected chi connectivity index (χ4v) is 4.07. The summed E-state index contributed by atoms with van der Waals surface area (Å²) in [5.74, 6) is 0.726. The molecule has 1 aliphatic rings. The van der Waals surface area contributed by atoms with E-state index in [0.29, 0.717) is 4.90 Å². The molecule has 1 saturated carbocycles. The van der Waals surface area contributed by atoms with Gasteiger partial charge in [-0.2, -0.15) is 0 Å². The molecule has 1 aromatic rings. The van der Waals surface area contributed by atoms with Crippen LogP contribution >= 0.6 is 0 Å². The number of hydrogen-bond acceptors (Lipinski definition) is 2. The van der Waals surface area contributed by atoms with Crippen molar-refractivity contribution in [2.45, 2.75) is 50.5 Å². The van der Waals surface area contributed by atoms with Crippen molar-refractivity contribution >= 4 is 10.0 Å². The van der Waals surface area contributed by atoms with Crippen LogP contribution in [0.25, 0.3) is 0 Å². The van der Waals surface area contributed by atoms with Gasteiger partial charge in [-0.3, -0.25) is 0 Å². The van der Waals surface area contributed by atoms with Crippen molar-refractivity contribution < 1.29 is 8.42 Å². The fourth-order valence-electron chi connectivity index (χ4n) is 2.52. The maximum absolute atomic E-state index is 12.3. The Morgan fingerprint density at radius 1 is 1.11 bits per heavy atom. The first kappa shape index (κ1) is 13.6. The smallest absolute Gasteiger partial charge is 0.208 e. The van der Waals surface area contributed by atoms with Crippen molar-refractivity contribution in [3.63, 3.8) is 0 Å². The molecule has 0 saturated heterocycles. The molecule has 1 aromatic carbocycles. The van der Waals surface area contributed by atoms with Crippen LogP contribution in [0.3, 0.4) is 0 Å². The summed E-state index contributed by atoms with van der Waals surface area (Å²) in [6, 6.07) is 7.23. The zero-order valence-corrected chi connectivity index (χ0v) is 11.8. The SMILES string of the molecule is Cc1ccccc1S(=O)(=O)NC1CCC(C)CC1. The molecular weight excluding hydrogens is 246 g/mol. The zero-order valence-electron chi connectivity index (χ0n) is 11.0. The number of hydrogen-bond donors (Lipinski definition) is 1. The van der Waals surface area contributed by atoms with Crippen LogP contribution in [0.2, 0.25) is 0 Å². The van der Waals surface area contributed by atoms with Gasteiger partial charge in [-0.15, -0.1) is 0 Å². The lowest BCUT2D eigenvalue weighted by Gasteiger charge is -2.26. The van der Waals surface area contributed by atoms with Crippen molar-refractivity contribution in [3.8, 4) is 0 Å². The summed E-state index contributed by atoms with van der Waals surface area (Å²) in [7, 11) is -3.36. The number of aryl methyl sites for hydroxylation is 1. The van der Waals surface area contributed by atoms with Crippen LogP contribution in [0.5, 0.6) is 0 Å². The minimum atomic E-state index is -3.36. The number of benzene rings is 1. The molecule has 1 aliphatic carbocycles. The average molecular weight is 267 g/mol. The van der Waals surface area contributed by atoms with E-state index in [9.17, 15) is 8.42 Å². The third-order valence-corrected chi connectivity index (χ3v) is 5.40. The highest BCUT2D eigenvalue weighted by molar-refractivity contribution is 7.89. The highest BCUT2D eigenvalue weighted by atomic mass is 32.2. The van der Waals surface area contributed by atoms with E-state index in [-0.39, 0.29) is 6.04 Å². The lowest BCUT2D eigenvalue weighted by molar-refractivity contribution is 0.332. The Kier molecular flexibility index (Phi) is 4.07. The molecule has 100 valence electrons. The first-order chi connectivity index (χ1) is 8.49. The molecule has 2 rings (SSSR count). The normalized spacial score (nSPS) is 25.0. The second kappa shape index (κ2) is 5.41. The molecular formula is C14H21NO2S. The van der Waals surface area contributed by atoms with Crippen LogP contribution in [0, 0.1) is 12.8 Å². The van der Waals surface area contributed by atoms with Gasteiger partial charge in [-0.05, 0) is 50.2 Å². The predicted molar refractivity (Wildman–Crippen MR) is 72.9 cm³/mol. The topological polar surface area (TPSA) is 46.2 Å². The number of nitrogens with one attached hydrogen (secondary N) is 1. The molecule has 0 atom stereocenters. The Hall–Kier alpha value is -0.870. The maximum atomic E-state index is 12.3. The van der Waals surface area contributed by atoms with Gasteiger partial charge in [-0.1, -0.05) is 25.1 Å². The minimum absolute atomic E-state index is 0.103. The Balaban J connectivity index is 2.11. The van der Waals surface area contributed by atoms with Crippen LogP contribution in [0.15, 0.2) is 29.2 Å². The van der Waals surface area contributed by atoms with Gasteiger partial charge >= 0.3 is 0 Å². The Morgan fingerprint density at radius 2 is 1.72 bits per heavy atom. The summed E-state index contributed by atoms with van der Waals surface area (Å²) in [5, 5.41) is 0. The van der Waals surface area contributed by atoms with Crippen molar-refractivity contribution in [3.05, 3.63) is 29.8 Å². The van der Waals surface area contributed by atoms with E-state index in [1.807, 2.05) is 19.1 Å². The Bertz CT molecular complexity index is 502. The molecule has 0 heterocycles. The van der Waals surface area contributed by atoms with E-state index >= 15 is 0 Å². The summed E-state index contributed by atoms with van der Waals surface area (Å²) < 4.78 is 27.4. The maximum Gasteiger partial charge on any atom is 0.241 e. The van der Waals surface area contributed by atoms with Gasteiger partial charge in [0.15, 0.2) is 0 Å². The predicted octanol–water partition coefficient (Wildman–Crippen LogP) is 2.85. The van der Waals surface area contributed by atoms with Gasteiger partial charge in [0.2, 0.25) is 10.0 Å².